The molecule has 0 bridgehead atoms. The summed E-state index contributed by atoms with van der Waals surface area (Å²) in [6.07, 6.45) is 0. The van der Waals surface area contributed by atoms with Gasteiger partial charge in [-0.1, -0.05) is 24.3 Å². The summed E-state index contributed by atoms with van der Waals surface area (Å²) >= 11 is 0. The van der Waals surface area contributed by atoms with Crippen LogP contribution in [0.1, 0.15) is 19.4 Å². The zero-order valence-corrected chi connectivity index (χ0v) is 16.0. The first-order valence-electron chi connectivity index (χ1n) is 8.25. The molecule has 0 saturated carbocycles. The van der Waals surface area contributed by atoms with Crippen LogP contribution in [0.4, 0.5) is 8.78 Å². The number of hydrogen-bond acceptors (Lipinski definition) is 6. The number of nitrogens with one attached hydrogen (secondary N) is 1. The molecule has 1 aliphatic rings. The van der Waals surface area contributed by atoms with Crippen molar-refractivity contribution in [3.8, 4) is 0 Å². The lowest BCUT2D eigenvalue weighted by Crippen LogP contribution is -2.34. The van der Waals surface area contributed by atoms with Crippen LogP contribution in [-0.2, 0) is 34.7 Å². The number of Topliss-reactive ketones (excluding diaryl/α,β-unsaturated/α-hetero) is 1. The molecule has 152 valence electrons. The average molecular weight is 423 g/mol. The molecule has 0 radical (unpaired) electrons. The molecule has 10 heteroatoms. The smallest absolute Gasteiger partial charge is 0.308 e. The third kappa shape index (κ3) is 3.70. The zero-order chi connectivity index (χ0) is 21.4. The maximum atomic E-state index is 14.3. The van der Waals surface area contributed by atoms with E-state index in [1.165, 1.54) is 24.3 Å². The third-order valence-electron chi connectivity index (χ3n) is 4.12. The molecule has 7 nitrogen and oxygen atoms in total. The van der Waals surface area contributed by atoms with Gasteiger partial charge in [0.15, 0.2) is 0 Å². The van der Waals surface area contributed by atoms with Crippen LogP contribution in [0, 0.1) is 11.6 Å². The molecule has 0 aliphatic carbocycles. The van der Waals surface area contributed by atoms with Crippen LogP contribution in [0.5, 0.6) is 0 Å². The highest BCUT2D eigenvalue weighted by atomic mass is 32.2. The number of rotatable bonds is 5. The highest BCUT2D eigenvalue weighted by Crippen LogP contribution is 2.41. The molecule has 2 aromatic rings. The van der Waals surface area contributed by atoms with Gasteiger partial charge in [-0.2, -0.15) is 0 Å². The Hall–Kier alpha value is -3.27. The number of carbonyl (C=O) groups excluding carboxylic acids is 2. The fourth-order valence-corrected chi connectivity index (χ4v) is 3.83. The number of esters is 1. The first-order chi connectivity index (χ1) is 13.6. The third-order valence-corrected chi connectivity index (χ3v) is 5.47. The molecule has 0 spiro atoms. The standard InChI is InChI=1S/C19H15F2NO6S/c1-11(23)27-16-17(24)19(2,15-13(20)9-6-10-14(15)21)28-18(16)22-29(25,26)12-7-4-3-5-8-12/h3-10,22H,1-2H3. The van der Waals surface area contributed by atoms with Crippen LogP contribution in [0.15, 0.2) is 65.1 Å². The van der Waals surface area contributed by atoms with Gasteiger partial charge in [-0.25, -0.2) is 21.9 Å². The van der Waals surface area contributed by atoms with Crippen molar-refractivity contribution in [3.63, 3.8) is 0 Å². The minimum atomic E-state index is -4.25. The number of halogens is 2. The Labute approximate surface area is 165 Å². The fraction of sp³-hybridized carbons (Fsp3) is 0.158. The Morgan fingerprint density at radius 1 is 1.07 bits per heavy atom. The predicted octanol–water partition coefficient (Wildman–Crippen LogP) is 2.49. The molecule has 0 amide bonds. The van der Waals surface area contributed by atoms with E-state index in [2.05, 4.69) is 0 Å². The first kappa shape index (κ1) is 20.5. The van der Waals surface area contributed by atoms with E-state index in [1.54, 1.807) is 6.07 Å². The largest absolute Gasteiger partial charge is 0.456 e. The van der Waals surface area contributed by atoms with E-state index in [0.29, 0.717) is 0 Å². The van der Waals surface area contributed by atoms with Crippen LogP contribution in [0.2, 0.25) is 0 Å². The summed E-state index contributed by atoms with van der Waals surface area (Å²) in [6.45, 7) is 2.02. The van der Waals surface area contributed by atoms with Crippen LogP contribution in [0.3, 0.4) is 0 Å². The van der Waals surface area contributed by atoms with Gasteiger partial charge in [0, 0.05) is 6.92 Å². The van der Waals surface area contributed by atoms with Gasteiger partial charge in [-0.05, 0) is 31.2 Å². The molecule has 1 aliphatic heterocycles. The minimum absolute atomic E-state index is 0.170. The molecule has 29 heavy (non-hydrogen) atoms. The van der Waals surface area contributed by atoms with E-state index in [0.717, 1.165) is 32.0 Å². The normalized spacial score (nSPS) is 19.1. The summed E-state index contributed by atoms with van der Waals surface area (Å²) in [6, 6.07) is 10.0. The number of ketones is 1. The number of carbonyl (C=O) groups is 2. The van der Waals surface area contributed by atoms with Crippen LogP contribution < -0.4 is 4.72 Å². The highest BCUT2D eigenvalue weighted by Gasteiger charge is 2.53. The van der Waals surface area contributed by atoms with E-state index >= 15 is 0 Å². The van der Waals surface area contributed by atoms with Crippen LogP contribution in [0.25, 0.3) is 0 Å². The van der Waals surface area contributed by atoms with Crippen LogP contribution in [-0.4, -0.2) is 20.2 Å². The van der Waals surface area contributed by atoms with Gasteiger partial charge in [-0.15, -0.1) is 0 Å². The maximum Gasteiger partial charge on any atom is 0.308 e. The lowest BCUT2D eigenvalue weighted by molar-refractivity contribution is -0.142. The van der Waals surface area contributed by atoms with Crippen molar-refractivity contribution in [1.29, 1.82) is 0 Å². The Morgan fingerprint density at radius 2 is 1.66 bits per heavy atom. The molecule has 2 aromatic carbocycles. The second kappa shape index (κ2) is 7.28. The Balaban J connectivity index is 2.08. The van der Waals surface area contributed by atoms with Gasteiger partial charge < -0.3 is 9.47 Å². The molecule has 0 fully saturated rings. The van der Waals surface area contributed by atoms with E-state index in [9.17, 15) is 26.8 Å². The maximum absolute atomic E-state index is 14.3. The van der Waals surface area contributed by atoms with Gasteiger partial charge in [-0.3, -0.25) is 9.59 Å². The monoisotopic (exact) mass is 423 g/mol. The lowest BCUT2D eigenvalue weighted by atomic mass is 9.90. The summed E-state index contributed by atoms with van der Waals surface area (Å²) in [5.41, 5.74) is -3.04. The van der Waals surface area contributed by atoms with Crippen molar-refractivity contribution < 1.29 is 36.3 Å². The van der Waals surface area contributed by atoms with Gasteiger partial charge >= 0.3 is 5.97 Å². The van der Waals surface area contributed by atoms with E-state index in [1.807, 2.05) is 4.72 Å². The van der Waals surface area contributed by atoms with Crippen LogP contribution >= 0.6 is 0 Å². The average Bonchev–Trinajstić information content (AvgIpc) is 2.86. The molecule has 0 aromatic heterocycles. The molecular formula is C19H15F2NO6S. The number of benzene rings is 2. The van der Waals surface area contributed by atoms with E-state index in [4.69, 9.17) is 9.47 Å². The van der Waals surface area contributed by atoms with Gasteiger partial charge in [0.1, 0.15) is 11.6 Å². The lowest BCUT2D eigenvalue weighted by Gasteiger charge is -2.24. The second-order valence-corrected chi connectivity index (χ2v) is 7.91. The van der Waals surface area contributed by atoms with Crippen molar-refractivity contribution in [2.45, 2.75) is 24.3 Å². The molecule has 1 atom stereocenters. The quantitative estimate of drug-likeness (QED) is 0.742. The predicted molar refractivity (Wildman–Crippen MR) is 95.4 cm³/mol. The van der Waals surface area contributed by atoms with Crippen molar-refractivity contribution in [2.75, 3.05) is 0 Å². The molecule has 1 unspecified atom stereocenters. The van der Waals surface area contributed by atoms with E-state index in [-0.39, 0.29) is 4.90 Å². The molecule has 0 saturated heterocycles. The van der Waals surface area contributed by atoms with E-state index < -0.39 is 56.2 Å². The van der Waals surface area contributed by atoms with Crippen molar-refractivity contribution in [2.24, 2.45) is 0 Å². The van der Waals surface area contributed by atoms with Gasteiger partial charge in [0.05, 0.1) is 10.5 Å². The molecule has 3 rings (SSSR count). The van der Waals surface area contributed by atoms with Gasteiger partial charge in [0.2, 0.25) is 11.4 Å². The molecule has 1 heterocycles. The highest BCUT2D eigenvalue weighted by molar-refractivity contribution is 7.89. The van der Waals surface area contributed by atoms with Crippen molar-refractivity contribution in [1.82, 2.24) is 4.72 Å². The zero-order valence-electron chi connectivity index (χ0n) is 15.2. The summed E-state index contributed by atoms with van der Waals surface area (Å²) in [5.74, 6) is -5.80. The Morgan fingerprint density at radius 3 is 2.21 bits per heavy atom. The number of hydrogen-bond donors (Lipinski definition) is 1. The van der Waals surface area contributed by atoms with Gasteiger partial charge in [0.25, 0.3) is 21.7 Å². The summed E-state index contributed by atoms with van der Waals surface area (Å²) in [7, 11) is -4.25. The van der Waals surface area contributed by atoms with Crippen molar-refractivity contribution >= 4 is 21.8 Å². The fourth-order valence-electron chi connectivity index (χ4n) is 2.82. The first-order valence-corrected chi connectivity index (χ1v) is 9.73. The Kier molecular flexibility index (Phi) is 5.14. The molecule has 1 N–H and O–H groups in total. The topological polar surface area (TPSA) is 98.8 Å². The minimum Gasteiger partial charge on any atom is -0.456 e. The Bertz CT molecular complexity index is 1110. The van der Waals surface area contributed by atoms with Crippen molar-refractivity contribution in [3.05, 3.63) is 77.4 Å². The SMILES string of the molecule is CC(=O)OC1=C(NS(=O)(=O)c2ccccc2)OC(C)(c2c(F)cccc2F)C1=O. The number of sulfonamides is 1. The summed E-state index contributed by atoms with van der Waals surface area (Å²) in [5, 5.41) is 0. The molecular weight excluding hydrogens is 408 g/mol. The summed E-state index contributed by atoms with van der Waals surface area (Å²) in [4.78, 5) is 24.1. The summed E-state index contributed by atoms with van der Waals surface area (Å²) < 4.78 is 66.0. The number of ether oxygens (including phenoxy) is 2. The second-order valence-electron chi connectivity index (χ2n) is 6.23.